The predicted octanol–water partition coefficient (Wildman–Crippen LogP) is 1.01. The molecule has 0 bridgehead atoms. The van der Waals surface area contributed by atoms with E-state index >= 15 is 0 Å². The summed E-state index contributed by atoms with van der Waals surface area (Å²) in [5.74, 6) is 1.55. The van der Waals surface area contributed by atoms with Crippen molar-refractivity contribution in [1.29, 1.82) is 0 Å². The Morgan fingerprint density at radius 1 is 0.944 bits per heavy atom. The van der Waals surface area contributed by atoms with Crippen LogP contribution in [0.1, 0.15) is 32.1 Å². The molecule has 0 spiro atoms. The van der Waals surface area contributed by atoms with E-state index in [0.717, 1.165) is 6.54 Å². The molecular weight excluding hydrogens is 224 g/mol. The quantitative estimate of drug-likeness (QED) is 0.729. The number of benzene rings is 1. The zero-order valence-electron chi connectivity index (χ0n) is 10.9. The molecule has 1 aromatic carbocycles. The number of para-hydroxylation sites is 1. The zero-order chi connectivity index (χ0) is 12.6. The molecule has 1 atom stereocenters. The predicted molar refractivity (Wildman–Crippen MR) is 72.0 cm³/mol. The van der Waals surface area contributed by atoms with Gasteiger partial charge in [0.05, 0.1) is 13.1 Å². The Bertz CT molecular complexity index is 375. The maximum atomic E-state index is 10.3. The van der Waals surface area contributed by atoms with Crippen molar-refractivity contribution in [2.24, 2.45) is 4.99 Å². The van der Waals surface area contributed by atoms with Gasteiger partial charge in [-0.3, -0.25) is 4.90 Å². The van der Waals surface area contributed by atoms with Crippen LogP contribution in [0.15, 0.2) is 35.3 Å². The van der Waals surface area contributed by atoms with Crippen LogP contribution in [-0.4, -0.2) is 25.5 Å². The van der Waals surface area contributed by atoms with Crippen molar-refractivity contribution in [1.82, 2.24) is 0 Å². The lowest BCUT2D eigenvalue weighted by molar-refractivity contribution is -0.809. The summed E-state index contributed by atoms with van der Waals surface area (Å²) in [5, 5.41) is 10.3. The summed E-state index contributed by atoms with van der Waals surface area (Å²) in [5.41, 5.74) is 0. The topological polar surface area (TPSA) is 39.9 Å². The standard InChI is InChI=1S/C9H16N2.C6H6O/c1-2-5-9-10-6-4-8-11(9)7-3-1;7-6-4-2-1-3-5-6/h1-8H2;1-5,7H. The molecule has 1 fully saturated rings. The lowest BCUT2D eigenvalue weighted by Gasteiger charge is -2.21. The second-order valence-corrected chi connectivity index (χ2v) is 4.91. The van der Waals surface area contributed by atoms with Gasteiger partial charge in [0.1, 0.15) is 0 Å². The number of nitrogens with zero attached hydrogens (tertiary/aromatic N) is 1. The van der Waals surface area contributed by atoms with E-state index in [1.165, 1.54) is 63.2 Å². The fraction of sp³-hybridized carbons (Fsp3) is 0.533. The second-order valence-electron chi connectivity index (χ2n) is 4.91. The summed E-state index contributed by atoms with van der Waals surface area (Å²) < 4.78 is 0. The van der Waals surface area contributed by atoms with Gasteiger partial charge in [-0.2, -0.15) is 0 Å². The Balaban J connectivity index is 0.000000149. The molecular formula is C15H22N2O. The van der Waals surface area contributed by atoms with Gasteiger partial charge >= 0.3 is 0 Å². The van der Waals surface area contributed by atoms with Crippen molar-refractivity contribution >= 4 is 5.84 Å². The van der Waals surface area contributed by atoms with Crippen molar-refractivity contribution in [2.75, 3.05) is 19.6 Å². The van der Waals surface area contributed by atoms with Crippen molar-refractivity contribution in [3.8, 4) is 5.75 Å². The summed E-state index contributed by atoms with van der Waals surface area (Å²) in [6, 6.07) is 8.33. The third kappa shape index (κ3) is 4.15. The normalized spacial score (nSPS) is 22.9. The van der Waals surface area contributed by atoms with Crippen molar-refractivity contribution in [2.45, 2.75) is 32.1 Å². The fourth-order valence-corrected chi connectivity index (χ4v) is 2.52. The van der Waals surface area contributed by atoms with E-state index in [-0.39, 0.29) is 5.75 Å². The molecule has 0 saturated carbocycles. The lowest BCUT2D eigenvalue weighted by atomic mass is 10.2. The summed E-state index contributed by atoms with van der Waals surface area (Å²) in [4.78, 5) is 6.28. The van der Waals surface area contributed by atoms with Crippen LogP contribution in [0, 0.1) is 0 Å². The highest BCUT2D eigenvalue weighted by molar-refractivity contribution is 5.73. The average molecular weight is 246 g/mol. The molecule has 1 N–H and O–H groups in total. The molecule has 3 nitrogen and oxygen atoms in total. The van der Waals surface area contributed by atoms with Crippen LogP contribution >= 0.6 is 0 Å². The highest BCUT2D eigenvalue weighted by Gasteiger charge is 2.21. The number of rotatable bonds is 0. The van der Waals surface area contributed by atoms with Gasteiger partial charge in [-0.15, -0.1) is 5.75 Å². The van der Waals surface area contributed by atoms with Gasteiger partial charge in [0, 0.05) is 19.4 Å². The summed E-state index contributed by atoms with van der Waals surface area (Å²) in [7, 11) is 0. The molecule has 2 aliphatic heterocycles. The van der Waals surface area contributed by atoms with Gasteiger partial charge in [0.15, 0.2) is 5.84 Å². The Kier molecular flexibility index (Phi) is 5.21. The molecule has 3 heteroatoms. The smallest absolute Gasteiger partial charge is 0.196 e. The van der Waals surface area contributed by atoms with Crippen LogP contribution in [0.2, 0.25) is 0 Å². The number of fused-ring (bicyclic) bond motifs is 1. The maximum absolute atomic E-state index is 10.3. The first-order valence-electron chi connectivity index (χ1n) is 6.97. The van der Waals surface area contributed by atoms with E-state index in [1.54, 1.807) is 17.0 Å². The molecule has 0 radical (unpaired) electrons. The number of aliphatic imine (C=N–C) groups is 1. The minimum atomic E-state index is 0.0718. The van der Waals surface area contributed by atoms with Gasteiger partial charge in [0.25, 0.3) is 0 Å². The molecule has 1 saturated heterocycles. The van der Waals surface area contributed by atoms with E-state index in [9.17, 15) is 5.11 Å². The lowest BCUT2D eigenvalue weighted by Crippen LogP contribution is -3.15. The largest absolute Gasteiger partial charge is 0.872 e. The van der Waals surface area contributed by atoms with Gasteiger partial charge in [0.2, 0.25) is 0 Å². The van der Waals surface area contributed by atoms with Gasteiger partial charge in [-0.25, -0.2) is 4.99 Å². The van der Waals surface area contributed by atoms with Crippen molar-refractivity contribution < 1.29 is 10.0 Å². The fourth-order valence-electron chi connectivity index (χ4n) is 2.52. The molecule has 3 rings (SSSR count). The number of quaternary nitrogens is 1. The number of nitrogens with one attached hydrogen (secondary N) is 1. The van der Waals surface area contributed by atoms with Crippen LogP contribution in [-0.2, 0) is 0 Å². The van der Waals surface area contributed by atoms with E-state index in [4.69, 9.17) is 0 Å². The van der Waals surface area contributed by atoms with E-state index < -0.39 is 0 Å². The Morgan fingerprint density at radius 2 is 1.72 bits per heavy atom. The van der Waals surface area contributed by atoms with Crippen LogP contribution in [0.4, 0.5) is 0 Å². The first-order chi connectivity index (χ1) is 8.86. The van der Waals surface area contributed by atoms with Crippen molar-refractivity contribution in [3.63, 3.8) is 0 Å². The Hall–Kier alpha value is -1.35. The molecule has 0 aromatic heterocycles. The average Bonchev–Trinajstić information content (AvgIpc) is 2.65. The molecule has 1 aromatic rings. The Morgan fingerprint density at radius 3 is 2.44 bits per heavy atom. The molecule has 98 valence electrons. The van der Waals surface area contributed by atoms with Crippen LogP contribution in [0.3, 0.4) is 0 Å². The third-order valence-corrected chi connectivity index (χ3v) is 3.48. The van der Waals surface area contributed by atoms with Gasteiger partial charge in [-0.05, 0) is 19.3 Å². The monoisotopic (exact) mass is 246 g/mol. The highest BCUT2D eigenvalue weighted by Crippen LogP contribution is 2.03. The minimum absolute atomic E-state index is 0.0718. The first kappa shape index (κ1) is 13.1. The van der Waals surface area contributed by atoms with Crippen molar-refractivity contribution in [3.05, 3.63) is 30.3 Å². The van der Waals surface area contributed by atoms with E-state index in [0.29, 0.717) is 0 Å². The molecule has 0 amide bonds. The Labute approximate surface area is 109 Å². The number of hydrogen-bond acceptors (Lipinski definition) is 2. The molecule has 2 aliphatic rings. The number of hydrogen-bond donors (Lipinski definition) is 1. The SMILES string of the molecule is C1CCC2=NCCC[NH+]2CC1.[O-]c1ccccc1. The second kappa shape index (κ2) is 7.17. The van der Waals surface area contributed by atoms with Crippen LogP contribution in [0.25, 0.3) is 0 Å². The molecule has 2 heterocycles. The number of amidine groups is 1. The summed E-state index contributed by atoms with van der Waals surface area (Å²) in [6.07, 6.45) is 6.79. The molecule has 0 aliphatic carbocycles. The van der Waals surface area contributed by atoms with Gasteiger partial charge in [-0.1, -0.05) is 30.3 Å². The van der Waals surface area contributed by atoms with E-state index in [2.05, 4.69) is 4.99 Å². The summed E-state index contributed by atoms with van der Waals surface area (Å²) in [6.45, 7) is 3.79. The third-order valence-electron chi connectivity index (χ3n) is 3.48. The van der Waals surface area contributed by atoms with Crippen LogP contribution < -0.4 is 10.0 Å². The molecule has 1 unspecified atom stereocenters. The van der Waals surface area contributed by atoms with Crippen LogP contribution in [0.5, 0.6) is 5.75 Å². The maximum Gasteiger partial charge on any atom is 0.196 e. The zero-order valence-corrected chi connectivity index (χ0v) is 10.9. The first-order valence-corrected chi connectivity index (χ1v) is 6.97. The molecule has 18 heavy (non-hydrogen) atoms. The van der Waals surface area contributed by atoms with Gasteiger partial charge < -0.3 is 5.11 Å². The minimum Gasteiger partial charge on any atom is -0.872 e. The summed E-state index contributed by atoms with van der Waals surface area (Å²) >= 11 is 0. The highest BCUT2D eigenvalue weighted by atomic mass is 16.3. The van der Waals surface area contributed by atoms with E-state index in [1.807, 2.05) is 6.07 Å².